The van der Waals surface area contributed by atoms with Crippen LogP contribution in [0.3, 0.4) is 0 Å². The Labute approximate surface area is 79.4 Å². The summed E-state index contributed by atoms with van der Waals surface area (Å²) in [5, 5.41) is 0. The lowest BCUT2D eigenvalue weighted by atomic mass is 9.92. The molecule has 0 aliphatic carbocycles. The molecule has 2 rings (SSSR count). The molecule has 0 saturated carbocycles. The molecule has 3 heteroatoms. The lowest BCUT2D eigenvalue weighted by molar-refractivity contribution is -0.372. The van der Waals surface area contributed by atoms with E-state index >= 15 is 0 Å². The SMILES string of the molecule is [CH]C(CC)C1COC2(COC2)OC1. The van der Waals surface area contributed by atoms with E-state index in [2.05, 4.69) is 6.92 Å². The molecule has 0 aromatic heterocycles. The standard InChI is InChI=1S/C10H16O3/c1-3-8(2)9-4-12-10(13-5-9)6-11-7-10/h2,8-9H,3-7H2,1H3. The van der Waals surface area contributed by atoms with Crippen molar-refractivity contribution >= 4 is 0 Å². The van der Waals surface area contributed by atoms with Gasteiger partial charge in [-0.2, -0.15) is 0 Å². The summed E-state index contributed by atoms with van der Waals surface area (Å²) in [6.07, 6.45) is 0.973. The van der Waals surface area contributed by atoms with Crippen LogP contribution in [0.5, 0.6) is 0 Å². The Morgan fingerprint density at radius 2 is 2.00 bits per heavy atom. The van der Waals surface area contributed by atoms with Crippen molar-refractivity contribution in [3.05, 3.63) is 6.92 Å². The van der Waals surface area contributed by atoms with Crippen LogP contribution in [-0.2, 0) is 14.2 Å². The smallest absolute Gasteiger partial charge is 0.216 e. The number of hydrogen-bond acceptors (Lipinski definition) is 3. The molecule has 2 saturated heterocycles. The number of hydrogen-bond donors (Lipinski definition) is 0. The molecule has 1 atom stereocenters. The molecule has 1 spiro atoms. The quantitative estimate of drug-likeness (QED) is 0.643. The van der Waals surface area contributed by atoms with Gasteiger partial charge >= 0.3 is 0 Å². The zero-order chi connectivity index (χ0) is 9.31. The zero-order valence-corrected chi connectivity index (χ0v) is 7.99. The first-order valence-electron chi connectivity index (χ1n) is 4.87. The van der Waals surface area contributed by atoms with E-state index in [-0.39, 0.29) is 5.92 Å². The summed E-state index contributed by atoms with van der Waals surface area (Å²) in [4.78, 5) is 0. The Morgan fingerprint density at radius 3 is 2.38 bits per heavy atom. The Bertz CT molecular complexity index is 167. The molecule has 74 valence electrons. The molecule has 0 N–H and O–H groups in total. The van der Waals surface area contributed by atoms with Gasteiger partial charge in [0.2, 0.25) is 5.79 Å². The second-order valence-corrected chi connectivity index (χ2v) is 3.86. The minimum atomic E-state index is -0.413. The van der Waals surface area contributed by atoms with Gasteiger partial charge < -0.3 is 14.2 Å². The van der Waals surface area contributed by atoms with Crippen molar-refractivity contribution in [3.8, 4) is 0 Å². The molecule has 0 aromatic carbocycles. The van der Waals surface area contributed by atoms with Crippen LogP contribution in [0.4, 0.5) is 0 Å². The second kappa shape index (κ2) is 3.56. The third-order valence-electron chi connectivity index (χ3n) is 2.84. The summed E-state index contributed by atoms with van der Waals surface area (Å²) in [5.41, 5.74) is 0. The largest absolute Gasteiger partial charge is 0.370 e. The minimum absolute atomic E-state index is 0.193. The molecule has 0 bridgehead atoms. The third-order valence-corrected chi connectivity index (χ3v) is 2.84. The van der Waals surface area contributed by atoms with Crippen LogP contribution in [0, 0.1) is 18.8 Å². The van der Waals surface area contributed by atoms with Gasteiger partial charge in [-0.05, 0) is 12.8 Å². The van der Waals surface area contributed by atoms with Crippen molar-refractivity contribution in [1.82, 2.24) is 0 Å². The van der Waals surface area contributed by atoms with E-state index in [1.54, 1.807) is 0 Å². The van der Waals surface area contributed by atoms with E-state index in [1.807, 2.05) is 0 Å². The van der Waals surface area contributed by atoms with Crippen LogP contribution in [0.25, 0.3) is 0 Å². The molecule has 13 heavy (non-hydrogen) atoms. The van der Waals surface area contributed by atoms with Gasteiger partial charge in [-0.25, -0.2) is 0 Å². The molecule has 2 radical (unpaired) electrons. The highest BCUT2D eigenvalue weighted by Crippen LogP contribution is 2.31. The van der Waals surface area contributed by atoms with E-state index < -0.39 is 5.79 Å². The van der Waals surface area contributed by atoms with Gasteiger partial charge in [0.05, 0.1) is 13.2 Å². The molecule has 2 aliphatic heterocycles. The highest BCUT2D eigenvalue weighted by atomic mass is 16.8. The van der Waals surface area contributed by atoms with E-state index in [0.29, 0.717) is 32.3 Å². The summed E-state index contributed by atoms with van der Waals surface area (Å²) < 4.78 is 16.3. The molecular weight excluding hydrogens is 168 g/mol. The molecule has 3 nitrogen and oxygen atoms in total. The van der Waals surface area contributed by atoms with Crippen LogP contribution in [0.1, 0.15) is 13.3 Å². The maximum absolute atomic E-state index is 5.90. The minimum Gasteiger partial charge on any atom is -0.370 e. The van der Waals surface area contributed by atoms with Crippen molar-refractivity contribution < 1.29 is 14.2 Å². The number of ether oxygens (including phenoxy) is 3. The first-order chi connectivity index (χ1) is 6.26. The highest BCUT2D eigenvalue weighted by molar-refractivity contribution is 4.83. The average Bonchev–Trinajstić information content (AvgIpc) is 2.14. The van der Waals surface area contributed by atoms with E-state index in [4.69, 9.17) is 21.1 Å². The fourth-order valence-corrected chi connectivity index (χ4v) is 1.62. The van der Waals surface area contributed by atoms with Crippen molar-refractivity contribution in [2.75, 3.05) is 26.4 Å². The van der Waals surface area contributed by atoms with Gasteiger partial charge in [0.25, 0.3) is 0 Å². The summed E-state index contributed by atoms with van der Waals surface area (Å²) in [6, 6.07) is 0. The van der Waals surface area contributed by atoms with Crippen molar-refractivity contribution in [3.63, 3.8) is 0 Å². The zero-order valence-electron chi connectivity index (χ0n) is 7.99. The van der Waals surface area contributed by atoms with Crippen LogP contribution in [0.15, 0.2) is 0 Å². The van der Waals surface area contributed by atoms with Crippen LogP contribution >= 0.6 is 0 Å². The van der Waals surface area contributed by atoms with E-state index in [1.165, 1.54) is 0 Å². The number of rotatable bonds is 2. The first-order valence-corrected chi connectivity index (χ1v) is 4.87. The van der Waals surface area contributed by atoms with E-state index in [0.717, 1.165) is 6.42 Å². The molecule has 2 aliphatic rings. The predicted octanol–water partition coefficient (Wildman–Crippen LogP) is 1.11. The fraction of sp³-hybridized carbons (Fsp3) is 0.900. The summed E-state index contributed by atoms with van der Waals surface area (Å²) >= 11 is 0. The van der Waals surface area contributed by atoms with E-state index in [9.17, 15) is 0 Å². The first kappa shape index (κ1) is 9.44. The lowest BCUT2D eigenvalue weighted by Gasteiger charge is -2.46. The third kappa shape index (κ3) is 1.73. The molecule has 1 unspecified atom stereocenters. The Morgan fingerprint density at radius 1 is 1.38 bits per heavy atom. The second-order valence-electron chi connectivity index (χ2n) is 3.86. The highest BCUT2D eigenvalue weighted by Gasteiger charge is 2.45. The summed E-state index contributed by atoms with van der Waals surface area (Å²) in [6.45, 7) is 10.5. The van der Waals surface area contributed by atoms with Gasteiger partial charge in [-0.3, -0.25) is 0 Å². The summed E-state index contributed by atoms with van der Waals surface area (Å²) in [7, 11) is 0. The monoisotopic (exact) mass is 184 g/mol. The molecule has 2 heterocycles. The van der Waals surface area contributed by atoms with Crippen molar-refractivity contribution in [1.29, 1.82) is 0 Å². The predicted molar refractivity (Wildman–Crippen MR) is 47.0 cm³/mol. The van der Waals surface area contributed by atoms with Gasteiger partial charge in [0.15, 0.2) is 0 Å². The molecular formula is C10H16O3. The molecule has 0 aromatic rings. The lowest BCUT2D eigenvalue weighted by Crippen LogP contribution is -2.58. The van der Waals surface area contributed by atoms with Crippen LogP contribution < -0.4 is 0 Å². The van der Waals surface area contributed by atoms with Crippen molar-refractivity contribution in [2.45, 2.75) is 19.1 Å². The average molecular weight is 184 g/mol. The van der Waals surface area contributed by atoms with Crippen molar-refractivity contribution in [2.24, 2.45) is 11.8 Å². The van der Waals surface area contributed by atoms with Crippen LogP contribution in [0.2, 0.25) is 0 Å². The maximum Gasteiger partial charge on any atom is 0.216 e. The Hall–Kier alpha value is -0.120. The van der Waals surface area contributed by atoms with Gasteiger partial charge in [-0.1, -0.05) is 13.3 Å². The maximum atomic E-state index is 5.90. The van der Waals surface area contributed by atoms with Crippen LogP contribution in [-0.4, -0.2) is 32.2 Å². The van der Waals surface area contributed by atoms with Gasteiger partial charge in [0.1, 0.15) is 13.2 Å². The molecule has 0 amide bonds. The molecule has 2 fully saturated rings. The normalized spacial score (nSPS) is 30.0. The van der Waals surface area contributed by atoms with Gasteiger partial charge in [0, 0.05) is 5.92 Å². The Balaban J connectivity index is 1.82. The van der Waals surface area contributed by atoms with Gasteiger partial charge in [-0.15, -0.1) is 0 Å². The summed E-state index contributed by atoms with van der Waals surface area (Å²) in [5.74, 6) is 0.124. The topological polar surface area (TPSA) is 27.7 Å². The Kier molecular flexibility index (Phi) is 2.58. The fourth-order valence-electron chi connectivity index (χ4n) is 1.62.